The fraction of sp³-hybridized carbons (Fsp3) is 0.250. The Kier molecular flexibility index (Phi) is 6.60. The molecule has 0 aliphatic carbocycles. The molecule has 0 saturated heterocycles. The van der Waals surface area contributed by atoms with E-state index < -0.39 is 18.4 Å². The molecule has 168 valence electrons. The van der Waals surface area contributed by atoms with Crippen LogP contribution in [0.4, 0.5) is 0 Å². The second-order valence-electron chi connectivity index (χ2n) is 10.0. The third kappa shape index (κ3) is 4.19. The summed E-state index contributed by atoms with van der Waals surface area (Å²) in [5, 5.41) is 0. The average Bonchev–Trinajstić information content (AvgIpc) is 2.77. The van der Waals surface area contributed by atoms with Crippen LogP contribution in [0.3, 0.4) is 0 Å². The molecule has 0 spiro atoms. The molecule has 0 aromatic heterocycles. The summed E-state index contributed by atoms with van der Waals surface area (Å²) >= 11 is -3.73. The molecule has 0 aliphatic rings. The van der Waals surface area contributed by atoms with Crippen molar-refractivity contribution in [3.63, 3.8) is 0 Å². The Bertz CT molecular complexity index is 1130. The van der Waals surface area contributed by atoms with Crippen molar-refractivity contribution in [2.75, 3.05) is 0 Å². The fourth-order valence-corrected chi connectivity index (χ4v) is 23.2. The summed E-state index contributed by atoms with van der Waals surface area (Å²) in [6.07, 6.45) is 0. The zero-order chi connectivity index (χ0) is 23.9. The molecule has 1 heteroatoms. The van der Waals surface area contributed by atoms with Gasteiger partial charge in [-0.15, -0.1) is 0 Å². The molecule has 0 amide bonds. The van der Waals surface area contributed by atoms with Gasteiger partial charge in [0.05, 0.1) is 0 Å². The van der Waals surface area contributed by atoms with Gasteiger partial charge in [0.15, 0.2) is 0 Å². The number of hydrogen-bond donors (Lipinski definition) is 0. The Morgan fingerprint density at radius 2 is 0.545 bits per heavy atom. The third-order valence-electron chi connectivity index (χ3n) is 7.19. The van der Waals surface area contributed by atoms with E-state index >= 15 is 0 Å². The van der Waals surface area contributed by atoms with Gasteiger partial charge < -0.3 is 0 Å². The molecule has 0 atom stereocenters. The van der Waals surface area contributed by atoms with Crippen molar-refractivity contribution >= 4 is 32.7 Å². The van der Waals surface area contributed by atoms with Crippen molar-refractivity contribution in [3.8, 4) is 0 Å². The Balaban J connectivity index is 2.35. The minimum atomic E-state index is -3.73. The van der Waals surface area contributed by atoms with Gasteiger partial charge in [0.25, 0.3) is 0 Å². The zero-order valence-electron chi connectivity index (χ0n) is 21.4. The van der Waals surface area contributed by atoms with E-state index in [1.165, 1.54) is 44.5 Å². The topological polar surface area (TPSA) is 0 Å². The number of benzene rings is 4. The van der Waals surface area contributed by atoms with E-state index in [0.717, 1.165) is 0 Å². The van der Waals surface area contributed by atoms with Crippen LogP contribution in [-0.4, -0.2) is 18.4 Å². The molecule has 0 fully saturated rings. The van der Waals surface area contributed by atoms with Gasteiger partial charge in [-0.25, -0.2) is 0 Å². The van der Waals surface area contributed by atoms with Crippen molar-refractivity contribution in [2.45, 2.75) is 55.4 Å². The van der Waals surface area contributed by atoms with Gasteiger partial charge in [0.1, 0.15) is 0 Å². The van der Waals surface area contributed by atoms with Gasteiger partial charge in [0, 0.05) is 0 Å². The second-order valence-corrected chi connectivity index (χ2v) is 20.5. The van der Waals surface area contributed by atoms with E-state index in [1.807, 2.05) is 0 Å². The molecule has 0 radical (unpaired) electrons. The fourth-order valence-electron chi connectivity index (χ4n) is 5.43. The molecule has 0 unspecified atom stereocenters. The van der Waals surface area contributed by atoms with Gasteiger partial charge in [0.2, 0.25) is 0 Å². The van der Waals surface area contributed by atoms with Crippen molar-refractivity contribution < 1.29 is 0 Å². The number of rotatable bonds is 4. The van der Waals surface area contributed by atoms with Crippen LogP contribution >= 0.6 is 0 Å². The van der Waals surface area contributed by atoms with Gasteiger partial charge >= 0.3 is 205 Å². The van der Waals surface area contributed by atoms with Crippen LogP contribution in [0.2, 0.25) is 0 Å². The Morgan fingerprint density at radius 3 is 0.758 bits per heavy atom. The normalized spacial score (nSPS) is 11.6. The molecule has 4 rings (SSSR count). The molecule has 0 saturated carbocycles. The van der Waals surface area contributed by atoms with Gasteiger partial charge in [-0.2, -0.15) is 0 Å². The monoisotopic (exact) mass is 540 g/mol. The van der Waals surface area contributed by atoms with Crippen LogP contribution in [0.25, 0.3) is 0 Å². The van der Waals surface area contributed by atoms with Crippen molar-refractivity contribution in [1.82, 2.24) is 0 Å². The van der Waals surface area contributed by atoms with E-state index in [0.29, 0.717) is 0 Å². The number of aryl methyl sites for hydroxylation is 8. The molecule has 0 N–H and O–H groups in total. The maximum absolute atomic E-state index is 3.73. The summed E-state index contributed by atoms with van der Waals surface area (Å²) in [7, 11) is 0. The van der Waals surface area contributed by atoms with Crippen LogP contribution in [0.5, 0.6) is 0 Å². The average molecular weight is 539 g/mol. The van der Waals surface area contributed by atoms with Crippen LogP contribution < -0.4 is 14.3 Å². The Hall–Kier alpha value is -2.32. The molecule has 4 aromatic carbocycles. The van der Waals surface area contributed by atoms with Crippen molar-refractivity contribution in [2.24, 2.45) is 0 Å². The molecule has 4 aromatic rings. The summed E-state index contributed by atoms with van der Waals surface area (Å²) in [6.45, 7) is 18.3. The van der Waals surface area contributed by atoms with Crippen LogP contribution in [0.1, 0.15) is 44.5 Å². The minimum absolute atomic E-state index is 1.34. The van der Waals surface area contributed by atoms with Crippen molar-refractivity contribution in [3.05, 3.63) is 117 Å². The molecule has 0 bridgehead atoms. The molecule has 0 heterocycles. The predicted molar refractivity (Wildman–Crippen MR) is 148 cm³/mol. The predicted octanol–water partition coefficient (Wildman–Crippen LogP) is 5.53. The van der Waals surface area contributed by atoms with Crippen LogP contribution in [-0.2, 0) is 0 Å². The van der Waals surface area contributed by atoms with Crippen LogP contribution in [0, 0.1) is 55.4 Å². The molecule has 0 aliphatic heterocycles. The second kappa shape index (κ2) is 9.14. The summed E-state index contributed by atoms with van der Waals surface area (Å²) < 4.78 is 6.33. The summed E-state index contributed by atoms with van der Waals surface area (Å²) in [5.41, 5.74) is 11.0. The van der Waals surface area contributed by atoms with E-state index in [9.17, 15) is 0 Å². The van der Waals surface area contributed by atoms with E-state index in [2.05, 4.69) is 128 Å². The van der Waals surface area contributed by atoms with E-state index in [4.69, 9.17) is 0 Å². The van der Waals surface area contributed by atoms with Gasteiger partial charge in [-0.1, -0.05) is 0 Å². The Morgan fingerprint density at radius 1 is 0.333 bits per heavy atom. The first-order valence-electron chi connectivity index (χ1n) is 12.0. The van der Waals surface area contributed by atoms with Crippen molar-refractivity contribution in [1.29, 1.82) is 0 Å². The van der Waals surface area contributed by atoms with Gasteiger partial charge in [-0.05, 0) is 0 Å². The molecule has 33 heavy (non-hydrogen) atoms. The summed E-state index contributed by atoms with van der Waals surface area (Å²) in [6, 6.07) is 28.5. The summed E-state index contributed by atoms with van der Waals surface area (Å²) in [4.78, 5) is 0. The van der Waals surface area contributed by atoms with E-state index in [1.54, 1.807) is 14.3 Å². The molecule has 0 nitrogen and oxygen atoms in total. The standard InChI is InChI=1S/4C8H9.Sn/c4*1-7-3-5-8(2)6-4-7;/h4*3-5H,1-2H3;. The maximum atomic E-state index is 2.51. The SMILES string of the molecule is Cc1ccc(C)[c]([Sn]([c]2cc(C)ccc2C)([c]2cc(C)ccc2C)[c]2cc(C)ccc2C)c1. The summed E-state index contributed by atoms with van der Waals surface area (Å²) in [5.74, 6) is 0. The van der Waals surface area contributed by atoms with Gasteiger partial charge in [-0.3, -0.25) is 0 Å². The Labute approximate surface area is 204 Å². The first-order valence-corrected chi connectivity index (χ1v) is 17.7. The van der Waals surface area contributed by atoms with E-state index in [-0.39, 0.29) is 0 Å². The first-order chi connectivity index (χ1) is 15.6. The van der Waals surface area contributed by atoms with Crippen LogP contribution in [0.15, 0.2) is 72.8 Å². The molecular weight excluding hydrogens is 503 g/mol. The zero-order valence-corrected chi connectivity index (χ0v) is 24.3. The molecular formula is C32H36Sn. The first kappa shape index (κ1) is 23.8. The number of hydrogen-bond acceptors (Lipinski definition) is 0. The quantitative estimate of drug-likeness (QED) is 0.300. The third-order valence-corrected chi connectivity index (χ3v) is 22.6.